The van der Waals surface area contributed by atoms with Crippen LogP contribution in [0.3, 0.4) is 0 Å². The summed E-state index contributed by atoms with van der Waals surface area (Å²) in [6.45, 7) is 3.59. The fourth-order valence-corrected chi connectivity index (χ4v) is 4.90. The van der Waals surface area contributed by atoms with Gasteiger partial charge in [-0.2, -0.15) is 4.98 Å². The first-order valence-electron chi connectivity index (χ1n) is 10.5. The standard InChI is InChI=1S/C23H24N6O2S/c1-30-14-18-25-21(20-17(15-32-22(20)26-18)16-6-4-3-5-7-16)28-10-12-29(13-11-28)23-24-9-8-19(27-23)31-2/h3-9,15H,10-14H2,1-2H3. The highest BCUT2D eigenvalue weighted by atomic mass is 32.1. The van der Waals surface area contributed by atoms with Gasteiger partial charge in [0.1, 0.15) is 17.3 Å². The van der Waals surface area contributed by atoms with E-state index in [1.54, 1.807) is 37.8 Å². The maximum Gasteiger partial charge on any atom is 0.228 e. The summed E-state index contributed by atoms with van der Waals surface area (Å²) in [6.07, 6.45) is 1.73. The molecule has 0 N–H and O–H groups in total. The van der Waals surface area contributed by atoms with Crippen molar-refractivity contribution >= 4 is 33.3 Å². The molecule has 1 saturated heterocycles. The second kappa shape index (κ2) is 9.05. The van der Waals surface area contributed by atoms with Crippen LogP contribution in [-0.2, 0) is 11.3 Å². The van der Waals surface area contributed by atoms with Crippen LogP contribution in [-0.4, -0.2) is 60.3 Å². The molecule has 1 fully saturated rings. The summed E-state index contributed by atoms with van der Waals surface area (Å²) in [5, 5.41) is 3.28. The quantitative estimate of drug-likeness (QED) is 0.443. The normalized spacial score (nSPS) is 14.2. The maximum atomic E-state index is 5.33. The minimum Gasteiger partial charge on any atom is -0.481 e. The van der Waals surface area contributed by atoms with E-state index in [-0.39, 0.29) is 0 Å². The van der Waals surface area contributed by atoms with Gasteiger partial charge in [-0.25, -0.2) is 15.0 Å². The molecular weight excluding hydrogens is 424 g/mol. The molecule has 1 aliphatic heterocycles. The first-order valence-corrected chi connectivity index (χ1v) is 11.3. The van der Waals surface area contributed by atoms with Crippen molar-refractivity contribution in [1.29, 1.82) is 0 Å². The van der Waals surface area contributed by atoms with Gasteiger partial charge in [-0.15, -0.1) is 11.3 Å². The predicted molar refractivity (Wildman–Crippen MR) is 127 cm³/mol. The molecule has 5 rings (SSSR count). The number of methoxy groups -OCH3 is 2. The second-order valence-electron chi connectivity index (χ2n) is 7.47. The van der Waals surface area contributed by atoms with Crippen molar-refractivity contribution in [2.75, 3.05) is 50.2 Å². The Bertz CT molecular complexity index is 1210. The Morgan fingerprint density at radius 1 is 0.938 bits per heavy atom. The number of piperazine rings is 1. The molecule has 4 heterocycles. The zero-order valence-electron chi connectivity index (χ0n) is 18.1. The molecule has 32 heavy (non-hydrogen) atoms. The fourth-order valence-electron chi connectivity index (χ4n) is 3.94. The van der Waals surface area contributed by atoms with Gasteiger partial charge in [0.15, 0.2) is 5.82 Å². The van der Waals surface area contributed by atoms with Crippen LogP contribution in [0.25, 0.3) is 21.3 Å². The number of aromatic nitrogens is 4. The SMILES string of the molecule is COCc1nc(N2CCN(c3nccc(OC)n3)CC2)c2c(-c3ccccc3)csc2n1. The van der Waals surface area contributed by atoms with Crippen molar-refractivity contribution in [2.24, 2.45) is 0 Å². The summed E-state index contributed by atoms with van der Waals surface area (Å²) >= 11 is 1.65. The van der Waals surface area contributed by atoms with Crippen LogP contribution in [0.15, 0.2) is 48.0 Å². The number of anilines is 2. The fraction of sp³-hybridized carbons (Fsp3) is 0.304. The summed E-state index contributed by atoms with van der Waals surface area (Å²) in [5.41, 5.74) is 2.34. The molecule has 0 saturated carbocycles. The van der Waals surface area contributed by atoms with Crippen molar-refractivity contribution < 1.29 is 9.47 Å². The molecule has 1 aliphatic rings. The Balaban J connectivity index is 1.48. The van der Waals surface area contributed by atoms with Crippen LogP contribution in [0, 0.1) is 0 Å². The lowest BCUT2D eigenvalue weighted by molar-refractivity contribution is 0.178. The van der Waals surface area contributed by atoms with E-state index in [1.807, 2.05) is 6.07 Å². The van der Waals surface area contributed by atoms with Crippen LogP contribution >= 0.6 is 11.3 Å². The number of ether oxygens (including phenoxy) is 2. The van der Waals surface area contributed by atoms with Crippen molar-refractivity contribution in [3.63, 3.8) is 0 Å². The lowest BCUT2D eigenvalue weighted by Crippen LogP contribution is -2.47. The topological polar surface area (TPSA) is 76.5 Å². The number of benzene rings is 1. The first-order chi connectivity index (χ1) is 15.8. The van der Waals surface area contributed by atoms with Gasteiger partial charge in [0.25, 0.3) is 0 Å². The van der Waals surface area contributed by atoms with Crippen molar-refractivity contribution in [3.05, 3.63) is 53.8 Å². The second-order valence-corrected chi connectivity index (χ2v) is 8.32. The summed E-state index contributed by atoms with van der Waals surface area (Å²) < 4.78 is 10.6. The van der Waals surface area contributed by atoms with Crippen molar-refractivity contribution in [3.8, 4) is 17.0 Å². The maximum absolute atomic E-state index is 5.33. The monoisotopic (exact) mass is 448 g/mol. The van der Waals surface area contributed by atoms with Crippen LogP contribution in [0.5, 0.6) is 5.88 Å². The number of hydrogen-bond acceptors (Lipinski definition) is 9. The predicted octanol–water partition coefficient (Wildman–Crippen LogP) is 3.63. The molecule has 0 amide bonds. The third-order valence-corrected chi connectivity index (χ3v) is 6.38. The number of thiophene rings is 1. The molecule has 0 aliphatic carbocycles. The van der Waals surface area contributed by atoms with Crippen LogP contribution in [0.4, 0.5) is 11.8 Å². The molecule has 4 aromatic rings. The molecule has 3 aromatic heterocycles. The molecular formula is C23H24N6O2S. The van der Waals surface area contributed by atoms with Gasteiger partial charge < -0.3 is 19.3 Å². The molecule has 0 atom stereocenters. The van der Waals surface area contributed by atoms with Crippen LogP contribution in [0.2, 0.25) is 0 Å². The highest BCUT2D eigenvalue weighted by Gasteiger charge is 2.25. The summed E-state index contributed by atoms with van der Waals surface area (Å²) in [5.74, 6) is 2.94. The number of rotatable bonds is 6. The van der Waals surface area contributed by atoms with Gasteiger partial charge in [-0.3, -0.25) is 0 Å². The van der Waals surface area contributed by atoms with Gasteiger partial charge in [0.2, 0.25) is 11.8 Å². The molecule has 8 nitrogen and oxygen atoms in total. The number of fused-ring (bicyclic) bond motifs is 1. The highest BCUT2D eigenvalue weighted by Crippen LogP contribution is 2.38. The van der Waals surface area contributed by atoms with Gasteiger partial charge >= 0.3 is 0 Å². The van der Waals surface area contributed by atoms with E-state index >= 15 is 0 Å². The highest BCUT2D eigenvalue weighted by molar-refractivity contribution is 7.17. The van der Waals surface area contributed by atoms with E-state index < -0.39 is 0 Å². The van der Waals surface area contributed by atoms with E-state index in [2.05, 4.69) is 49.4 Å². The van der Waals surface area contributed by atoms with Crippen molar-refractivity contribution in [2.45, 2.75) is 6.61 Å². The molecule has 0 radical (unpaired) electrons. The minimum atomic E-state index is 0.388. The molecule has 0 unspecified atom stereocenters. The average molecular weight is 449 g/mol. The third kappa shape index (κ3) is 3.96. The number of hydrogen-bond donors (Lipinski definition) is 0. The lowest BCUT2D eigenvalue weighted by Gasteiger charge is -2.35. The third-order valence-electron chi connectivity index (χ3n) is 5.51. The van der Waals surface area contributed by atoms with E-state index in [0.717, 1.165) is 42.2 Å². The summed E-state index contributed by atoms with van der Waals surface area (Å²) in [7, 11) is 3.29. The van der Waals surface area contributed by atoms with Gasteiger partial charge in [-0.1, -0.05) is 30.3 Å². The van der Waals surface area contributed by atoms with Gasteiger partial charge in [0.05, 0.1) is 12.5 Å². The van der Waals surface area contributed by atoms with E-state index in [1.165, 1.54) is 11.1 Å². The molecule has 9 heteroatoms. The Morgan fingerprint density at radius 3 is 2.47 bits per heavy atom. The zero-order valence-corrected chi connectivity index (χ0v) is 18.9. The molecule has 0 bridgehead atoms. The first kappa shape index (κ1) is 20.6. The largest absolute Gasteiger partial charge is 0.481 e. The molecule has 0 spiro atoms. The Kier molecular flexibility index (Phi) is 5.83. The van der Waals surface area contributed by atoms with E-state index in [4.69, 9.17) is 19.4 Å². The summed E-state index contributed by atoms with van der Waals surface area (Å²) in [6, 6.07) is 12.2. The smallest absolute Gasteiger partial charge is 0.228 e. The van der Waals surface area contributed by atoms with Crippen molar-refractivity contribution in [1.82, 2.24) is 19.9 Å². The lowest BCUT2D eigenvalue weighted by atomic mass is 10.1. The Morgan fingerprint density at radius 2 is 1.72 bits per heavy atom. The summed E-state index contributed by atoms with van der Waals surface area (Å²) in [4.78, 5) is 24.1. The van der Waals surface area contributed by atoms with Gasteiger partial charge in [-0.05, 0) is 5.56 Å². The average Bonchev–Trinajstić information content (AvgIpc) is 3.28. The van der Waals surface area contributed by atoms with E-state index in [9.17, 15) is 0 Å². The van der Waals surface area contributed by atoms with Gasteiger partial charge in [0, 0.05) is 56.5 Å². The Labute approximate surface area is 190 Å². The minimum absolute atomic E-state index is 0.388. The number of nitrogens with zero attached hydrogens (tertiary/aromatic N) is 6. The molecule has 1 aromatic carbocycles. The van der Waals surface area contributed by atoms with Crippen LogP contribution < -0.4 is 14.5 Å². The zero-order chi connectivity index (χ0) is 21.9. The molecule has 164 valence electrons. The Hall–Kier alpha value is -3.30. The van der Waals surface area contributed by atoms with E-state index in [0.29, 0.717) is 24.3 Å². The van der Waals surface area contributed by atoms with Crippen LogP contribution in [0.1, 0.15) is 5.82 Å².